The Morgan fingerprint density at radius 1 is 1.52 bits per heavy atom. The van der Waals surface area contributed by atoms with Crippen LogP contribution in [0.2, 0.25) is 0 Å². The second kappa shape index (κ2) is 7.69. The summed E-state index contributed by atoms with van der Waals surface area (Å²) >= 11 is 0. The molecule has 2 aromatic heterocycles. The van der Waals surface area contributed by atoms with Gasteiger partial charge in [0.15, 0.2) is 5.76 Å². The summed E-state index contributed by atoms with van der Waals surface area (Å²) in [7, 11) is 1.71. The van der Waals surface area contributed by atoms with Gasteiger partial charge < -0.3 is 19.2 Å². The molecule has 3 heterocycles. The molecule has 1 aliphatic heterocycles. The number of aryl methyl sites for hydroxylation is 1. The highest BCUT2D eigenvalue weighted by atomic mass is 19.1. The third-order valence-electron chi connectivity index (χ3n) is 4.34. The molecular weight excluding hydrogens is 327 g/mol. The van der Waals surface area contributed by atoms with Gasteiger partial charge in [0, 0.05) is 32.2 Å². The number of carbonyl (C=O) groups excluding carboxylic acids is 1. The largest absolute Gasteiger partial charge is 0.467 e. The number of urea groups is 1. The first-order valence-electron chi connectivity index (χ1n) is 8.33. The number of nitrogens with zero attached hydrogens (tertiary/aromatic N) is 3. The average molecular weight is 350 g/mol. The molecule has 1 fully saturated rings. The number of hydrogen-bond acceptors (Lipinski definition) is 5. The Hall–Kier alpha value is -2.35. The van der Waals surface area contributed by atoms with Gasteiger partial charge in [0.2, 0.25) is 0 Å². The predicted molar refractivity (Wildman–Crippen MR) is 88.5 cm³/mol. The first-order valence-corrected chi connectivity index (χ1v) is 8.33. The number of alkyl halides is 1. The van der Waals surface area contributed by atoms with Gasteiger partial charge in [-0.1, -0.05) is 5.16 Å². The maximum atomic E-state index is 13.9. The third-order valence-corrected chi connectivity index (χ3v) is 4.34. The molecule has 0 radical (unpaired) electrons. The van der Waals surface area contributed by atoms with Crippen molar-refractivity contribution in [3.8, 4) is 0 Å². The molecule has 3 rings (SSSR count). The molecule has 0 unspecified atom stereocenters. The maximum Gasteiger partial charge on any atom is 0.317 e. The summed E-state index contributed by atoms with van der Waals surface area (Å²) in [5.41, 5.74) is 0.803. The monoisotopic (exact) mass is 350 g/mol. The molecule has 7 nitrogen and oxygen atoms in total. The molecule has 0 saturated carbocycles. The molecule has 136 valence electrons. The molecule has 2 atom stereocenters. The Labute approximate surface area is 145 Å². The summed E-state index contributed by atoms with van der Waals surface area (Å²) in [6, 6.07) is 5.15. The number of nitrogens with one attached hydrogen (secondary N) is 1. The van der Waals surface area contributed by atoms with Crippen LogP contribution in [-0.4, -0.2) is 53.3 Å². The van der Waals surface area contributed by atoms with E-state index in [1.807, 2.05) is 17.9 Å². The number of hydrogen-bond donors (Lipinski definition) is 1. The van der Waals surface area contributed by atoms with Crippen LogP contribution in [0.1, 0.15) is 23.6 Å². The van der Waals surface area contributed by atoms with Crippen molar-refractivity contribution in [3.63, 3.8) is 0 Å². The zero-order valence-electron chi connectivity index (χ0n) is 14.4. The first-order chi connectivity index (χ1) is 12.0. The normalized spacial score (nSPS) is 20.8. The molecule has 25 heavy (non-hydrogen) atoms. The number of likely N-dealkylation sites (tertiary alicyclic amines) is 1. The van der Waals surface area contributed by atoms with Gasteiger partial charge in [-0.15, -0.1) is 0 Å². The fourth-order valence-corrected chi connectivity index (χ4v) is 3.11. The molecule has 1 aliphatic rings. The second-order valence-electron chi connectivity index (χ2n) is 6.47. The molecule has 1 saturated heterocycles. The predicted octanol–water partition coefficient (Wildman–Crippen LogP) is 2.33. The van der Waals surface area contributed by atoms with Crippen molar-refractivity contribution < 1.29 is 18.1 Å². The van der Waals surface area contributed by atoms with E-state index in [0.717, 1.165) is 5.69 Å². The van der Waals surface area contributed by atoms with Crippen molar-refractivity contribution in [3.05, 3.63) is 41.7 Å². The van der Waals surface area contributed by atoms with E-state index in [4.69, 9.17) is 8.94 Å². The van der Waals surface area contributed by atoms with Crippen LogP contribution >= 0.6 is 0 Å². The Balaban J connectivity index is 1.52. The van der Waals surface area contributed by atoms with E-state index >= 15 is 0 Å². The molecule has 0 aliphatic carbocycles. The van der Waals surface area contributed by atoms with Gasteiger partial charge in [-0.25, -0.2) is 9.18 Å². The van der Waals surface area contributed by atoms with E-state index < -0.39 is 6.17 Å². The van der Waals surface area contributed by atoms with E-state index in [1.54, 1.807) is 30.3 Å². The summed E-state index contributed by atoms with van der Waals surface area (Å²) in [5, 5.41) is 6.65. The van der Waals surface area contributed by atoms with E-state index in [9.17, 15) is 9.18 Å². The van der Waals surface area contributed by atoms with Crippen LogP contribution < -0.4 is 5.32 Å². The summed E-state index contributed by atoms with van der Waals surface area (Å²) in [6.45, 7) is 3.45. The number of aromatic nitrogens is 1. The fourth-order valence-electron chi connectivity index (χ4n) is 3.11. The van der Waals surface area contributed by atoms with Crippen LogP contribution in [0.5, 0.6) is 0 Å². The number of furan rings is 1. The van der Waals surface area contributed by atoms with Gasteiger partial charge in [0.1, 0.15) is 11.9 Å². The lowest BCUT2D eigenvalue weighted by Gasteiger charge is -2.27. The zero-order valence-corrected chi connectivity index (χ0v) is 14.4. The van der Waals surface area contributed by atoms with E-state index in [0.29, 0.717) is 44.1 Å². The molecule has 0 bridgehead atoms. The van der Waals surface area contributed by atoms with Crippen LogP contribution in [0.15, 0.2) is 33.4 Å². The molecule has 2 amide bonds. The molecule has 2 aromatic rings. The summed E-state index contributed by atoms with van der Waals surface area (Å²) in [5.74, 6) is 1.40. The Bertz CT molecular complexity index is 688. The average Bonchev–Trinajstić information content (AvgIpc) is 3.29. The quantitative estimate of drug-likeness (QED) is 0.865. The van der Waals surface area contributed by atoms with Crippen molar-refractivity contribution >= 4 is 6.03 Å². The lowest BCUT2D eigenvalue weighted by molar-refractivity contribution is 0.165. The topological polar surface area (TPSA) is 74.8 Å². The lowest BCUT2D eigenvalue weighted by atomic mass is 10.2. The highest BCUT2D eigenvalue weighted by Gasteiger charge is 2.34. The Kier molecular flexibility index (Phi) is 5.37. The molecule has 8 heteroatoms. The molecule has 0 aromatic carbocycles. The van der Waals surface area contributed by atoms with Gasteiger partial charge in [-0.05, 0) is 25.5 Å². The number of likely N-dealkylation sites (N-methyl/N-ethyl adjacent to an activating group) is 1. The van der Waals surface area contributed by atoms with Gasteiger partial charge >= 0.3 is 6.03 Å². The van der Waals surface area contributed by atoms with Crippen LogP contribution in [0.3, 0.4) is 0 Å². The number of rotatable bonds is 6. The van der Waals surface area contributed by atoms with Crippen molar-refractivity contribution in [2.24, 2.45) is 0 Å². The summed E-state index contributed by atoms with van der Waals surface area (Å²) in [4.78, 5) is 15.8. The number of amides is 2. The van der Waals surface area contributed by atoms with E-state index in [2.05, 4.69) is 10.5 Å². The maximum absolute atomic E-state index is 13.9. The van der Waals surface area contributed by atoms with Crippen molar-refractivity contribution in [1.82, 2.24) is 20.3 Å². The highest BCUT2D eigenvalue weighted by molar-refractivity contribution is 5.73. The van der Waals surface area contributed by atoms with Crippen molar-refractivity contribution in [2.45, 2.75) is 38.6 Å². The van der Waals surface area contributed by atoms with Crippen LogP contribution in [-0.2, 0) is 13.1 Å². The van der Waals surface area contributed by atoms with Crippen molar-refractivity contribution in [1.29, 1.82) is 0 Å². The fraction of sp³-hybridized carbons (Fsp3) is 0.529. The smallest absolute Gasteiger partial charge is 0.317 e. The Morgan fingerprint density at radius 3 is 3.04 bits per heavy atom. The Morgan fingerprint density at radius 2 is 2.36 bits per heavy atom. The first kappa shape index (κ1) is 17.5. The summed E-state index contributed by atoms with van der Waals surface area (Å²) < 4.78 is 24.3. The van der Waals surface area contributed by atoms with Gasteiger partial charge in [-0.2, -0.15) is 0 Å². The SMILES string of the molecule is Cc1cc(CN2C[C@@H](F)C[C@H]2CN(C)C(=O)NCc2ccco2)on1. The molecule has 0 spiro atoms. The second-order valence-corrected chi connectivity index (χ2v) is 6.47. The molecular formula is C17H23FN4O3. The van der Waals surface area contributed by atoms with Gasteiger partial charge in [0.25, 0.3) is 0 Å². The lowest BCUT2D eigenvalue weighted by Crippen LogP contribution is -2.44. The third kappa shape index (κ3) is 4.60. The van der Waals surface area contributed by atoms with Crippen LogP contribution in [0.4, 0.5) is 9.18 Å². The standard InChI is InChI=1S/C17H23FN4O3/c1-12-6-16(25-20-12)11-22-9-13(18)7-14(22)10-21(2)17(23)19-8-15-4-3-5-24-15/h3-6,13-14H,7-11H2,1-2H3,(H,19,23)/t13-,14-/m0/s1. The minimum absolute atomic E-state index is 0.0558. The van der Waals surface area contributed by atoms with Gasteiger partial charge in [0.05, 0.1) is 25.0 Å². The zero-order chi connectivity index (χ0) is 17.8. The van der Waals surface area contributed by atoms with Crippen LogP contribution in [0.25, 0.3) is 0 Å². The minimum atomic E-state index is -0.895. The number of halogens is 1. The van der Waals surface area contributed by atoms with Crippen LogP contribution in [0, 0.1) is 6.92 Å². The molecule has 1 N–H and O–H groups in total. The van der Waals surface area contributed by atoms with E-state index in [-0.39, 0.29) is 12.1 Å². The van der Waals surface area contributed by atoms with E-state index in [1.165, 1.54) is 0 Å². The minimum Gasteiger partial charge on any atom is -0.467 e. The number of carbonyl (C=O) groups is 1. The highest BCUT2D eigenvalue weighted by Crippen LogP contribution is 2.23. The van der Waals surface area contributed by atoms with Gasteiger partial charge in [-0.3, -0.25) is 4.90 Å². The van der Waals surface area contributed by atoms with Crippen molar-refractivity contribution in [2.75, 3.05) is 20.1 Å². The summed E-state index contributed by atoms with van der Waals surface area (Å²) in [6.07, 6.45) is 1.07.